The number of ether oxygens (including phenoxy) is 1. The van der Waals surface area contributed by atoms with Gasteiger partial charge in [0.1, 0.15) is 18.9 Å². The Labute approximate surface area is 113 Å². The van der Waals surface area contributed by atoms with Gasteiger partial charge in [-0.2, -0.15) is 0 Å². The number of hydrogen-bond acceptors (Lipinski definition) is 3. The summed E-state index contributed by atoms with van der Waals surface area (Å²) in [6.45, 7) is 3.32. The maximum atomic E-state index is 10.7. The van der Waals surface area contributed by atoms with Crippen LogP contribution in [0.3, 0.4) is 0 Å². The summed E-state index contributed by atoms with van der Waals surface area (Å²) in [4.78, 5) is 10.3. The predicted molar refractivity (Wildman–Crippen MR) is 72.4 cm³/mol. The largest absolute Gasteiger partial charge is 0.488 e. The SMILES string of the molecule is Cc1cc(OCC[NH2+]C2CCCC2)ccc1[N+](=O)[O-]. The van der Waals surface area contributed by atoms with Crippen molar-refractivity contribution in [1.29, 1.82) is 0 Å². The second-order valence-corrected chi connectivity index (χ2v) is 5.12. The summed E-state index contributed by atoms with van der Waals surface area (Å²) in [5.74, 6) is 0.711. The van der Waals surface area contributed by atoms with Crippen LogP contribution in [0.5, 0.6) is 5.75 Å². The fourth-order valence-corrected chi connectivity index (χ4v) is 2.60. The molecule has 1 fully saturated rings. The number of quaternary nitrogens is 1. The summed E-state index contributed by atoms with van der Waals surface area (Å²) in [7, 11) is 0. The molecular formula is C14H21N2O3+. The van der Waals surface area contributed by atoms with Gasteiger partial charge in [0.15, 0.2) is 0 Å². The zero-order valence-electron chi connectivity index (χ0n) is 11.3. The van der Waals surface area contributed by atoms with Crippen molar-refractivity contribution in [2.45, 2.75) is 38.6 Å². The standard InChI is InChI=1S/C14H20N2O3/c1-11-10-13(6-7-14(11)16(17)18)19-9-8-15-12-4-2-3-5-12/h6-7,10,12,15H,2-5,8-9H2,1H3/p+1. The van der Waals surface area contributed by atoms with E-state index in [-0.39, 0.29) is 10.6 Å². The molecule has 0 aliphatic heterocycles. The van der Waals surface area contributed by atoms with Crippen molar-refractivity contribution in [2.75, 3.05) is 13.2 Å². The van der Waals surface area contributed by atoms with Gasteiger partial charge in [-0.25, -0.2) is 0 Å². The predicted octanol–water partition coefficient (Wildman–Crippen LogP) is 1.79. The minimum absolute atomic E-state index is 0.143. The third kappa shape index (κ3) is 3.92. The lowest BCUT2D eigenvalue weighted by atomic mass is 10.2. The van der Waals surface area contributed by atoms with Crippen molar-refractivity contribution in [2.24, 2.45) is 0 Å². The highest BCUT2D eigenvalue weighted by atomic mass is 16.6. The van der Waals surface area contributed by atoms with Crippen LogP contribution in [0.25, 0.3) is 0 Å². The van der Waals surface area contributed by atoms with Gasteiger partial charge in [0.05, 0.1) is 11.0 Å². The van der Waals surface area contributed by atoms with Crippen LogP contribution in [0.1, 0.15) is 31.2 Å². The molecule has 1 aliphatic rings. The third-order valence-electron chi connectivity index (χ3n) is 3.65. The molecule has 0 spiro atoms. The fourth-order valence-electron chi connectivity index (χ4n) is 2.60. The van der Waals surface area contributed by atoms with Crippen LogP contribution in [-0.2, 0) is 0 Å². The van der Waals surface area contributed by atoms with Gasteiger partial charge in [0.2, 0.25) is 0 Å². The Balaban J connectivity index is 1.76. The second-order valence-electron chi connectivity index (χ2n) is 5.12. The maximum absolute atomic E-state index is 10.7. The number of benzene rings is 1. The molecule has 5 heteroatoms. The van der Waals surface area contributed by atoms with Gasteiger partial charge in [-0.3, -0.25) is 10.1 Å². The number of hydrogen-bond donors (Lipinski definition) is 1. The lowest BCUT2D eigenvalue weighted by molar-refractivity contribution is -0.688. The molecule has 0 unspecified atom stereocenters. The van der Waals surface area contributed by atoms with Gasteiger partial charge >= 0.3 is 0 Å². The Kier molecular flexibility index (Phi) is 4.74. The third-order valence-corrected chi connectivity index (χ3v) is 3.65. The molecule has 0 radical (unpaired) electrons. The Morgan fingerprint density at radius 3 is 2.79 bits per heavy atom. The van der Waals surface area contributed by atoms with Crippen LogP contribution < -0.4 is 10.1 Å². The first-order chi connectivity index (χ1) is 9.16. The minimum Gasteiger partial charge on any atom is -0.488 e. The number of rotatable bonds is 6. The highest BCUT2D eigenvalue weighted by Crippen LogP contribution is 2.22. The molecule has 2 N–H and O–H groups in total. The smallest absolute Gasteiger partial charge is 0.272 e. The zero-order valence-corrected chi connectivity index (χ0v) is 11.3. The number of nitrogens with zero attached hydrogens (tertiary/aromatic N) is 1. The number of nitro groups is 1. The first-order valence-corrected chi connectivity index (χ1v) is 6.88. The van der Waals surface area contributed by atoms with E-state index >= 15 is 0 Å². The molecule has 0 saturated heterocycles. The van der Waals surface area contributed by atoms with Crippen LogP contribution in [0.2, 0.25) is 0 Å². The van der Waals surface area contributed by atoms with Crippen molar-refractivity contribution < 1.29 is 15.0 Å². The molecule has 2 rings (SSSR count). The monoisotopic (exact) mass is 265 g/mol. The van der Waals surface area contributed by atoms with Crippen molar-refractivity contribution in [3.05, 3.63) is 33.9 Å². The molecular weight excluding hydrogens is 244 g/mol. The number of aryl methyl sites for hydroxylation is 1. The quantitative estimate of drug-likeness (QED) is 0.484. The Bertz CT molecular complexity index is 442. The van der Waals surface area contributed by atoms with Gasteiger partial charge in [-0.05, 0) is 44.7 Å². The van der Waals surface area contributed by atoms with E-state index in [4.69, 9.17) is 4.74 Å². The van der Waals surface area contributed by atoms with E-state index in [1.165, 1.54) is 31.7 Å². The van der Waals surface area contributed by atoms with Gasteiger partial charge < -0.3 is 10.1 Å². The summed E-state index contributed by atoms with van der Waals surface area (Å²) in [5.41, 5.74) is 0.784. The normalized spacial score (nSPS) is 15.6. The first kappa shape index (κ1) is 13.8. The summed E-state index contributed by atoms with van der Waals surface area (Å²) in [6.07, 6.45) is 5.33. The lowest BCUT2D eigenvalue weighted by Crippen LogP contribution is -2.90. The van der Waals surface area contributed by atoms with E-state index in [9.17, 15) is 10.1 Å². The zero-order chi connectivity index (χ0) is 13.7. The van der Waals surface area contributed by atoms with Crippen LogP contribution in [0.15, 0.2) is 18.2 Å². The molecule has 1 aliphatic carbocycles. The molecule has 1 aromatic rings. The second kappa shape index (κ2) is 6.52. The highest BCUT2D eigenvalue weighted by molar-refractivity contribution is 5.44. The molecule has 0 bridgehead atoms. The van der Waals surface area contributed by atoms with Gasteiger partial charge in [0, 0.05) is 11.6 Å². The molecule has 104 valence electrons. The van der Waals surface area contributed by atoms with Crippen LogP contribution in [0, 0.1) is 17.0 Å². The first-order valence-electron chi connectivity index (χ1n) is 6.88. The Morgan fingerprint density at radius 1 is 1.42 bits per heavy atom. The van der Waals surface area contributed by atoms with Gasteiger partial charge in [-0.15, -0.1) is 0 Å². The van der Waals surface area contributed by atoms with E-state index in [0.29, 0.717) is 17.9 Å². The summed E-state index contributed by atoms with van der Waals surface area (Å²) >= 11 is 0. The van der Waals surface area contributed by atoms with Crippen molar-refractivity contribution >= 4 is 5.69 Å². The number of nitrogens with two attached hydrogens (primary N) is 1. The van der Waals surface area contributed by atoms with Gasteiger partial charge in [0.25, 0.3) is 5.69 Å². The van der Waals surface area contributed by atoms with E-state index in [2.05, 4.69) is 5.32 Å². The Hall–Kier alpha value is -1.62. The molecule has 1 saturated carbocycles. The summed E-state index contributed by atoms with van der Waals surface area (Å²) in [6, 6.07) is 5.67. The molecule has 0 atom stereocenters. The average Bonchev–Trinajstić information content (AvgIpc) is 2.87. The van der Waals surface area contributed by atoms with Crippen LogP contribution >= 0.6 is 0 Å². The van der Waals surface area contributed by atoms with E-state index < -0.39 is 0 Å². The van der Waals surface area contributed by atoms with Crippen molar-refractivity contribution in [3.8, 4) is 5.75 Å². The lowest BCUT2D eigenvalue weighted by Gasteiger charge is -2.10. The number of nitro benzene ring substituents is 1. The van der Waals surface area contributed by atoms with Gasteiger partial charge in [-0.1, -0.05) is 0 Å². The molecule has 0 heterocycles. The van der Waals surface area contributed by atoms with Crippen molar-refractivity contribution in [3.63, 3.8) is 0 Å². The molecule has 1 aromatic carbocycles. The average molecular weight is 265 g/mol. The minimum atomic E-state index is -0.368. The van der Waals surface area contributed by atoms with E-state index in [1.807, 2.05) is 0 Å². The van der Waals surface area contributed by atoms with Crippen LogP contribution in [0.4, 0.5) is 5.69 Å². The molecule has 19 heavy (non-hydrogen) atoms. The van der Waals surface area contributed by atoms with Crippen molar-refractivity contribution in [1.82, 2.24) is 0 Å². The van der Waals surface area contributed by atoms with Crippen LogP contribution in [-0.4, -0.2) is 24.1 Å². The fraction of sp³-hybridized carbons (Fsp3) is 0.571. The van der Waals surface area contributed by atoms with E-state index in [0.717, 1.165) is 12.6 Å². The summed E-state index contributed by atoms with van der Waals surface area (Å²) < 4.78 is 5.63. The van der Waals surface area contributed by atoms with E-state index in [1.54, 1.807) is 19.1 Å². The summed E-state index contributed by atoms with van der Waals surface area (Å²) in [5, 5.41) is 13.1. The highest BCUT2D eigenvalue weighted by Gasteiger charge is 2.17. The molecule has 5 nitrogen and oxygen atoms in total. The molecule has 0 amide bonds. The maximum Gasteiger partial charge on any atom is 0.272 e. The topological polar surface area (TPSA) is 69.0 Å². The Morgan fingerprint density at radius 2 is 2.16 bits per heavy atom. The molecule has 0 aromatic heterocycles.